The zero-order chi connectivity index (χ0) is 14.7. The van der Waals surface area contributed by atoms with Gasteiger partial charge in [0.05, 0.1) is 6.10 Å². The SMILES string of the molecule is COC1CCCC(Nc2ccc(N3CCNC3=O)cc2)C1. The van der Waals surface area contributed by atoms with E-state index in [2.05, 4.69) is 22.8 Å². The molecule has 114 valence electrons. The van der Waals surface area contributed by atoms with Crippen LogP contribution in [0.3, 0.4) is 0 Å². The van der Waals surface area contributed by atoms with E-state index in [4.69, 9.17) is 4.74 Å². The van der Waals surface area contributed by atoms with Crippen molar-refractivity contribution in [2.24, 2.45) is 0 Å². The van der Waals surface area contributed by atoms with Crippen LogP contribution in [0, 0.1) is 0 Å². The quantitative estimate of drug-likeness (QED) is 0.896. The largest absolute Gasteiger partial charge is 0.382 e. The number of carbonyl (C=O) groups excluding carboxylic acids is 1. The van der Waals surface area contributed by atoms with Gasteiger partial charge in [0.1, 0.15) is 0 Å². The van der Waals surface area contributed by atoms with Crippen molar-refractivity contribution in [3.8, 4) is 0 Å². The number of hydrogen-bond donors (Lipinski definition) is 2. The van der Waals surface area contributed by atoms with Gasteiger partial charge in [0, 0.05) is 37.6 Å². The molecule has 21 heavy (non-hydrogen) atoms. The lowest BCUT2D eigenvalue weighted by atomic mass is 9.92. The maximum atomic E-state index is 11.6. The van der Waals surface area contributed by atoms with Gasteiger partial charge in [-0.05, 0) is 49.9 Å². The number of rotatable bonds is 4. The summed E-state index contributed by atoms with van der Waals surface area (Å²) < 4.78 is 5.47. The highest BCUT2D eigenvalue weighted by molar-refractivity contribution is 5.94. The maximum Gasteiger partial charge on any atom is 0.321 e. The average Bonchev–Trinajstić information content (AvgIpc) is 2.94. The number of anilines is 2. The zero-order valence-electron chi connectivity index (χ0n) is 12.5. The summed E-state index contributed by atoms with van der Waals surface area (Å²) in [5.74, 6) is 0. The first-order valence-electron chi connectivity index (χ1n) is 7.71. The molecule has 1 aromatic rings. The van der Waals surface area contributed by atoms with Crippen LogP contribution in [-0.2, 0) is 4.74 Å². The summed E-state index contributed by atoms with van der Waals surface area (Å²) in [6.07, 6.45) is 5.01. The van der Waals surface area contributed by atoms with E-state index in [0.29, 0.717) is 12.1 Å². The molecule has 5 heteroatoms. The van der Waals surface area contributed by atoms with E-state index in [1.165, 1.54) is 12.8 Å². The Bertz CT molecular complexity index is 489. The number of nitrogens with one attached hydrogen (secondary N) is 2. The smallest absolute Gasteiger partial charge is 0.321 e. The molecule has 0 spiro atoms. The van der Waals surface area contributed by atoms with Crippen LogP contribution < -0.4 is 15.5 Å². The highest BCUT2D eigenvalue weighted by Crippen LogP contribution is 2.25. The number of benzene rings is 1. The van der Waals surface area contributed by atoms with Gasteiger partial charge in [-0.25, -0.2) is 4.79 Å². The van der Waals surface area contributed by atoms with Crippen LogP contribution in [0.1, 0.15) is 25.7 Å². The molecule has 0 bridgehead atoms. The standard InChI is InChI=1S/C16H23N3O2/c1-21-15-4-2-3-13(11-15)18-12-5-7-14(8-6-12)19-10-9-17-16(19)20/h5-8,13,15,18H,2-4,9-11H2,1H3,(H,17,20). The minimum absolute atomic E-state index is 0.00840. The van der Waals surface area contributed by atoms with E-state index in [1.54, 1.807) is 12.0 Å². The molecule has 1 aliphatic heterocycles. The fourth-order valence-electron chi connectivity index (χ4n) is 3.18. The molecule has 1 aliphatic carbocycles. The third-order valence-corrected chi connectivity index (χ3v) is 4.37. The van der Waals surface area contributed by atoms with Crippen molar-refractivity contribution < 1.29 is 9.53 Å². The summed E-state index contributed by atoms with van der Waals surface area (Å²) in [6.45, 7) is 1.46. The third kappa shape index (κ3) is 3.29. The van der Waals surface area contributed by atoms with Gasteiger partial charge >= 0.3 is 6.03 Å². The van der Waals surface area contributed by atoms with Crippen LogP contribution in [0.25, 0.3) is 0 Å². The lowest BCUT2D eigenvalue weighted by molar-refractivity contribution is 0.0669. The first-order chi connectivity index (χ1) is 10.3. The van der Waals surface area contributed by atoms with Crippen LogP contribution in [-0.4, -0.2) is 38.4 Å². The Morgan fingerprint density at radius 2 is 2.10 bits per heavy atom. The topological polar surface area (TPSA) is 53.6 Å². The molecule has 2 unspecified atom stereocenters. The molecule has 2 fully saturated rings. The second-order valence-electron chi connectivity index (χ2n) is 5.80. The van der Waals surface area contributed by atoms with Crippen LogP contribution in [0.15, 0.2) is 24.3 Å². The molecule has 1 saturated heterocycles. The Kier molecular flexibility index (Phi) is 4.29. The predicted octanol–water partition coefficient (Wildman–Crippen LogP) is 2.59. The first kappa shape index (κ1) is 14.2. The van der Waals surface area contributed by atoms with Gasteiger partial charge in [-0.15, -0.1) is 0 Å². The fraction of sp³-hybridized carbons (Fsp3) is 0.562. The summed E-state index contributed by atoms with van der Waals surface area (Å²) >= 11 is 0. The molecule has 1 heterocycles. The number of amides is 2. The monoisotopic (exact) mass is 289 g/mol. The van der Waals surface area contributed by atoms with Crippen molar-refractivity contribution in [2.75, 3.05) is 30.4 Å². The maximum absolute atomic E-state index is 11.6. The molecule has 5 nitrogen and oxygen atoms in total. The van der Waals surface area contributed by atoms with E-state index in [1.807, 2.05) is 12.1 Å². The van der Waals surface area contributed by atoms with E-state index >= 15 is 0 Å². The summed E-state index contributed by atoms with van der Waals surface area (Å²) in [6, 6.07) is 8.58. The highest BCUT2D eigenvalue weighted by Gasteiger charge is 2.22. The van der Waals surface area contributed by atoms with Crippen LogP contribution >= 0.6 is 0 Å². The molecule has 2 amide bonds. The van der Waals surface area contributed by atoms with Crippen LogP contribution in [0.4, 0.5) is 16.2 Å². The lowest BCUT2D eigenvalue weighted by Crippen LogP contribution is -2.31. The average molecular weight is 289 g/mol. The lowest BCUT2D eigenvalue weighted by Gasteiger charge is -2.29. The normalized spacial score (nSPS) is 25.8. The van der Waals surface area contributed by atoms with Gasteiger partial charge < -0.3 is 15.4 Å². The van der Waals surface area contributed by atoms with Crippen LogP contribution in [0.5, 0.6) is 0 Å². The summed E-state index contributed by atoms with van der Waals surface area (Å²) in [4.78, 5) is 13.4. The van der Waals surface area contributed by atoms with Gasteiger partial charge in [0.25, 0.3) is 0 Å². The fourth-order valence-corrected chi connectivity index (χ4v) is 3.18. The number of carbonyl (C=O) groups is 1. The first-order valence-corrected chi connectivity index (χ1v) is 7.71. The van der Waals surface area contributed by atoms with Gasteiger partial charge in [-0.2, -0.15) is 0 Å². The molecule has 0 radical (unpaired) electrons. The Balaban J connectivity index is 1.60. The molecule has 1 aromatic carbocycles. The number of methoxy groups -OCH3 is 1. The molecular formula is C16H23N3O2. The summed E-state index contributed by atoms with van der Waals surface area (Å²) in [5.41, 5.74) is 2.06. The Hall–Kier alpha value is -1.75. The van der Waals surface area contributed by atoms with Gasteiger partial charge in [0.2, 0.25) is 0 Å². The Morgan fingerprint density at radius 3 is 2.76 bits per heavy atom. The molecule has 2 aliphatic rings. The van der Waals surface area contributed by atoms with Gasteiger partial charge in [-0.3, -0.25) is 4.90 Å². The van der Waals surface area contributed by atoms with Gasteiger partial charge in [-0.1, -0.05) is 0 Å². The van der Waals surface area contributed by atoms with Crippen LogP contribution in [0.2, 0.25) is 0 Å². The minimum atomic E-state index is -0.00840. The number of hydrogen-bond acceptors (Lipinski definition) is 3. The third-order valence-electron chi connectivity index (χ3n) is 4.37. The van der Waals surface area contributed by atoms with Crippen molar-refractivity contribution in [1.82, 2.24) is 5.32 Å². The molecule has 2 atom stereocenters. The second-order valence-corrected chi connectivity index (χ2v) is 5.80. The van der Waals surface area contributed by atoms with Crippen molar-refractivity contribution in [1.29, 1.82) is 0 Å². The summed E-state index contributed by atoms with van der Waals surface area (Å²) in [7, 11) is 1.79. The zero-order valence-corrected chi connectivity index (χ0v) is 12.5. The minimum Gasteiger partial charge on any atom is -0.382 e. The van der Waals surface area contributed by atoms with Gasteiger partial charge in [0.15, 0.2) is 0 Å². The second kappa shape index (κ2) is 6.35. The van der Waals surface area contributed by atoms with Crippen molar-refractivity contribution in [3.63, 3.8) is 0 Å². The van der Waals surface area contributed by atoms with Crippen molar-refractivity contribution >= 4 is 17.4 Å². The molecule has 2 N–H and O–H groups in total. The van der Waals surface area contributed by atoms with E-state index in [0.717, 1.165) is 37.3 Å². The Labute approximate surface area is 125 Å². The highest BCUT2D eigenvalue weighted by atomic mass is 16.5. The van der Waals surface area contributed by atoms with E-state index in [9.17, 15) is 4.79 Å². The number of nitrogens with zero attached hydrogens (tertiary/aromatic N) is 1. The molecular weight excluding hydrogens is 266 g/mol. The predicted molar refractivity (Wildman–Crippen MR) is 83.9 cm³/mol. The Morgan fingerprint density at radius 1 is 1.29 bits per heavy atom. The molecule has 0 aromatic heterocycles. The number of urea groups is 1. The molecule has 1 saturated carbocycles. The van der Waals surface area contributed by atoms with Crippen molar-refractivity contribution in [3.05, 3.63) is 24.3 Å². The number of ether oxygens (including phenoxy) is 1. The van der Waals surface area contributed by atoms with E-state index in [-0.39, 0.29) is 6.03 Å². The molecule has 3 rings (SSSR count). The van der Waals surface area contributed by atoms with Crippen molar-refractivity contribution in [2.45, 2.75) is 37.8 Å². The summed E-state index contributed by atoms with van der Waals surface area (Å²) in [5, 5.41) is 6.39. The van der Waals surface area contributed by atoms with E-state index < -0.39 is 0 Å².